The van der Waals surface area contributed by atoms with Gasteiger partial charge in [0, 0.05) is 30.7 Å². The van der Waals surface area contributed by atoms with Crippen molar-refractivity contribution < 1.29 is 9.90 Å². The number of anilines is 2. The monoisotopic (exact) mass is 417 g/mol. The van der Waals surface area contributed by atoms with Crippen molar-refractivity contribution in [3.05, 3.63) is 52.5 Å². The standard InChI is InChI=1S/C20H24BrN3O2/c1-14-7-8-17(16(21)13-14)22-20(26)15(2)23-9-11-24(12-10-23)18-5-3-4-6-19(18)25/h3-8,13,15,25H,9-12H2,1-2H3,(H,22,26)/t15-/m1/s1. The predicted molar refractivity (Wildman–Crippen MR) is 109 cm³/mol. The molecular formula is C20H24BrN3O2. The highest BCUT2D eigenvalue weighted by Gasteiger charge is 2.26. The number of carbonyl (C=O) groups excluding carboxylic acids is 1. The van der Waals surface area contributed by atoms with Gasteiger partial charge in [0.05, 0.1) is 17.4 Å². The fourth-order valence-electron chi connectivity index (χ4n) is 3.21. The molecule has 6 heteroatoms. The molecule has 1 heterocycles. The first kappa shape index (κ1) is 18.7. The quantitative estimate of drug-likeness (QED) is 0.797. The minimum Gasteiger partial charge on any atom is -0.506 e. The molecule has 0 spiro atoms. The number of amides is 1. The number of phenols is 1. The second-order valence-electron chi connectivity index (χ2n) is 6.66. The lowest BCUT2D eigenvalue weighted by molar-refractivity contribution is -0.120. The van der Waals surface area contributed by atoms with E-state index in [4.69, 9.17) is 0 Å². The van der Waals surface area contributed by atoms with Gasteiger partial charge in [-0.05, 0) is 59.6 Å². The van der Waals surface area contributed by atoms with Crippen LogP contribution in [-0.2, 0) is 4.79 Å². The van der Waals surface area contributed by atoms with E-state index in [0.29, 0.717) is 5.75 Å². The van der Waals surface area contributed by atoms with Gasteiger partial charge in [-0.3, -0.25) is 9.69 Å². The molecule has 138 valence electrons. The van der Waals surface area contributed by atoms with Gasteiger partial charge in [-0.2, -0.15) is 0 Å². The van der Waals surface area contributed by atoms with Gasteiger partial charge < -0.3 is 15.3 Å². The molecule has 1 amide bonds. The molecule has 0 unspecified atom stereocenters. The number of aromatic hydroxyl groups is 1. The summed E-state index contributed by atoms with van der Waals surface area (Å²) in [4.78, 5) is 17.0. The summed E-state index contributed by atoms with van der Waals surface area (Å²) < 4.78 is 0.891. The zero-order valence-corrected chi connectivity index (χ0v) is 16.7. The lowest BCUT2D eigenvalue weighted by atomic mass is 10.1. The van der Waals surface area contributed by atoms with E-state index >= 15 is 0 Å². The molecule has 1 aliphatic rings. The van der Waals surface area contributed by atoms with E-state index in [-0.39, 0.29) is 11.9 Å². The first-order chi connectivity index (χ1) is 12.5. The predicted octanol–water partition coefficient (Wildman–Crippen LogP) is 3.61. The molecule has 0 radical (unpaired) electrons. The summed E-state index contributed by atoms with van der Waals surface area (Å²) in [5, 5.41) is 13.0. The highest BCUT2D eigenvalue weighted by Crippen LogP contribution is 2.28. The molecule has 1 aliphatic heterocycles. The molecule has 0 saturated carbocycles. The second kappa shape index (κ2) is 8.10. The largest absolute Gasteiger partial charge is 0.506 e. The summed E-state index contributed by atoms with van der Waals surface area (Å²) in [5.41, 5.74) is 2.79. The fourth-order valence-corrected chi connectivity index (χ4v) is 3.80. The summed E-state index contributed by atoms with van der Waals surface area (Å²) in [6, 6.07) is 13.1. The van der Waals surface area contributed by atoms with Crippen LogP contribution in [0.25, 0.3) is 0 Å². The number of nitrogens with zero attached hydrogens (tertiary/aromatic N) is 2. The van der Waals surface area contributed by atoms with Crippen molar-refractivity contribution >= 4 is 33.2 Å². The minimum atomic E-state index is -0.213. The Balaban J connectivity index is 1.58. The van der Waals surface area contributed by atoms with E-state index < -0.39 is 0 Å². The van der Waals surface area contributed by atoms with Crippen LogP contribution in [-0.4, -0.2) is 48.1 Å². The Morgan fingerprint density at radius 1 is 1.15 bits per heavy atom. The first-order valence-corrected chi connectivity index (χ1v) is 9.59. The lowest BCUT2D eigenvalue weighted by Gasteiger charge is -2.38. The van der Waals surface area contributed by atoms with Gasteiger partial charge >= 0.3 is 0 Å². The van der Waals surface area contributed by atoms with Crippen molar-refractivity contribution in [3.8, 4) is 5.75 Å². The molecule has 0 aromatic heterocycles. The van der Waals surface area contributed by atoms with Crippen molar-refractivity contribution in [2.24, 2.45) is 0 Å². The minimum absolute atomic E-state index is 0.00874. The van der Waals surface area contributed by atoms with Crippen molar-refractivity contribution in [1.82, 2.24) is 4.90 Å². The molecule has 1 fully saturated rings. The van der Waals surface area contributed by atoms with Gasteiger partial charge in [-0.25, -0.2) is 0 Å². The van der Waals surface area contributed by atoms with Gasteiger partial charge in [0.1, 0.15) is 5.75 Å². The Morgan fingerprint density at radius 2 is 1.85 bits per heavy atom. The van der Waals surface area contributed by atoms with Crippen LogP contribution in [0.15, 0.2) is 46.9 Å². The normalized spacial score (nSPS) is 16.3. The third kappa shape index (κ3) is 4.19. The number of para-hydroxylation sites is 2. The summed E-state index contributed by atoms with van der Waals surface area (Å²) in [7, 11) is 0. The number of piperazine rings is 1. The molecule has 1 atom stereocenters. The molecule has 2 aromatic rings. The maximum atomic E-state index is 12.6. The van der Waals surface area contributed by atoms with E-state index in [0.717, 1.165) is 47.6 Å². The topological polar surface area (TPSA) is 55.8 Å². The van der Waals surface area contributed by atoms with Gasteiger partial charge in [0.25, 0.3) is 0 Å². The maximum absolute atomic E-state index is 12.6. The van der Waals surface area contributed by atoms with Crippen LogP contribution in [0.3, 0.4) is 0 Å². The number of hydrogen-bond acceptors (Lipinski definition) is 4. The number of hydrogen-bond donors (Lipinski definition) is 2. The van der Waals surface area contributed by atoms with E-state index in [1.807, 2.05) is 50.2 Å². The average molecular weight is 418 g/mol. The molecule has 2 N–H and O–H groups in total. The number of carbonyl (C=O) groups is 1. The molecule has 0 bridgehead atoms. The molecule has 3 rings (SSSR count). The van der Waals surface area contributed by atoms with E-state index in [1.54, 1.807) is 6.07 Å². The van der Waals surface area contributed by atoms with Crippen LogP contribution in [0.2, 0.25) is 0 Å². The Morgan fingerprint density at radius 3 is 2.50 bits per heavy atom. The number of aryl methyl sites for hydroxylation is 1. The van der Waals surface area contributed by atoms with Crippen LogP contribution in [0.4, 0.5) is 11.4 Å². The lowest BCUT2D eigenvalue weighted by Crippen LogP contribution is -2.52. The summed E-state index contributed by atoms with van der Waals surface area (Å²) in [6.07, 6.45) is 0. The molecule has 0 aliphatic carbocycles. The fraction of sp³-hybridized carbons (Fsp3) is 0.350. The van der Waals surface area contributed by atoms with Crippen molar-refractivity contribution in [2.75, 3.05) is 36.4 Å². The number of phenolic OH excluding ortho intramolecular Hbond substituents is 1. The summed E-state index contributed by atoms with van der Waals surface area (Å²) in [5.74, 6) is 0.293. The van der Waals surface area contributed by atoms with Gasteiger partial charge in [0.2, 0.25) is 5.91 Å². The smallest absolute Gasteiger partial charge is 0.241 e. The highest BCUT2D eigenvalue weighted by atomic mass is 79.9. The van der Waals surface area contributed by atoms with Crippen LogP contribution in [0.1, 0.15) is 12.5 Å². The molecule has 5 nitrogen and oxygen atoms in total. The second-order valence-corrected chi connectivity index (χ2v) is 7.51. The number of halogens is 1. The highest BCUT2D eigenvalue weighted by molar-refractivity contribution is 9.10. The Labute approximate surface area is 162 Å². The van der Waals surface area contributed by atoms with Crippen molar-refractivity contribution in [1.29, 1.82) is 0 Å². The maximum Gasteiger partial charge on any atom is 0.241 e. The van der Waals surface area contributed by atoms with E-state index in [9.17, 15) is 9.90 Å². The molecule has 1 saturated heterocycles. The van der Waals surface area contributed by atoms with Gasteiger partial charge in [-0.1, -0.05) is 18.2 Å². The van der Waals surface area contributed by atoms with E-state index in [1.165, 1.54) is 0 Å². The zero-order valence-electron chi connectivity index (χ0n) is 15.1. The number of nitrogens with one attached hydrogen (secondary N) is 1. The van der Waals surface area contributed by atoms with Crippen LogP contribution in [0, 0.1) is 6.92 Å². The van der Waals surface area contributed by atoms with E-state index in [2.05, 4.69) is 31.0 Å². The van der Waals surface area contributed by atoms with Crippen LogP contribution >= 0.6 is 15.9 Å². The Bertz CT molecular complexity index is 788. The third-order valence-electron chi connectivity index (χ3n) is 4.85. The zero-order chi connectivity index (χ0) is 18.7. The van der Waals surface area contributed by atoms with Crippen LogP contribution < -0.4 is 10.2 Å². The Kier molecular flexibility index (Phi) is 5.84. The number of rotatable bonds is 4. The molecular weight excluding hydrogens is 394 g/mol. The first-order valence-electron chi connectivity index (χ1n) is 8.79. The van der Waals surface area contributed by atoms with Crippen molar-refractivity contribution in [3.63, 3.8) is 0 Å². The van der Waals surface area contributed by atoms with Crippen molar-refractivity contribution in [2.45, 2.75) is 19.9 Å². The van der Waals surface area contributed by atoms with Crippen LogP contribution in [0.5, 0.6) is 5.75 Å². The average Bonchev–Trinajstić information content (AvgIpc) is 2.64. The molecule has 26 heavy (non-hydrogen) atoms. The van der Waals surface area contributed by atoms with Gasteiger partial charge in [0.15, 0.2) is 0 Å². The third-order valence-corrected chi connectivity index (χ3v) is 5.50. The summed E-state index contributed by atoms with van der Waals surface area (Å²) in [6.45, 7) is 7.07. The molecule has 2 aromatic carbocycles. The SMILES string of the molecule is Cc1ccc(NC(=O)[C@@H](C)N2CCN(c3ccccc3O)CC2)c(Br)c1. The number of benzene rings is 2. The Hall–Kier alpha value is -2.05. The van der Waals surface area contributed by atoms with Gasteiger partial charge in [-0.15, -0.1) is 0 Å². The summed E-state index contributed by atoms with van der Waals surface area (Å²) >= 11 is 3.50.